The Hall–Kier alpha value is -2.64. The number of aromatic nitrogens is 1. The number of piperidine rings is 1. The quantitative estimate of drug-likeness (QED) is 0.555. The number of fused-ring (bicyclic) bond motifs is 2. The van der Waals surface area contributed by atoms with Gasteiger partial charge in [-0.2, -0.15) is 0 Å². The number of likely N-dealkylation sites (tertiary alicyclic amines) is 1. The Labute approximate surface area is 214 Å². The minimum Gasteiger partial charge on any atom is -0.355 e. The number of rotatable bonds is 9. The highest BCUT2D eigenvalue weighted by molar-refractivity contribution is 5.96. The number of aromatic amines is 1. The highest BCUT2D eigenvalue weighted by Gasteiger charge is 2.45. The molecule has 1 aromatic carbocycles. The zero-order valence-corrected chi connectivity index (χ0v) is 22.1. The normalized spacial score (nSPS) is 23.5. The predicted octanol–water partition coefficient (Wildman–Crippen LogP) is 4.06. The lowest BCUT2D eigenvalue weighted by Gasteiger charge is -2.47. The number of hydrogen-bond acceptors (Lipinski definition) is 4. The number of benzene rings is 1. The molecule has 2 fully saturated rings. The van der Waals surface area contributed by atoms with Gasteiger partial charge in [-0.05, 0) is 88.9 Å². The van der Waals surface area contributed by atoms with E-state index in [4.69, 9.17) is 0 Å². The van der Waals surface area contributed by atoms with Gasteiger partial charge in [0.25, 0.3) is 0 Å². The minimum absolute atomic E-state index is 0.0159. The molecule has 0 radical (unpaired) electrons. The number of H-pyrrole nitrogens is 1. The molecule has 3 atom stereocenters. The van der Waals surface area contributed by atoms with E-state index in [1.165, 1.54) is 34.3 Å². The first-order valence-corrected chi connectivity index (χ1v) is 13.6. The molecular formula is C29H41N5O2. The molecule has 194 valence electrons. The molecule has 2 N–H and O–H groups in total. The van der Waals surface area contributed by atoms with Crippen molar-refractivity contribution in [2.45, 2.75) is 51.0 Å². The fourth-order valence-corrected chi connectivity index (χ4v) is 6.43. The SMILES string of the molecule is C=Cc1[nH]c2cccc3c2c1C[C@@H]1[C@@H]3C[C@@H](C(=O)N(CCCN(C)C)C(=O)NCC)CN1CC1CC1. The summed E-state index contributed by atoms with van der Waals surface area (Å²) in [6.07, 6.45) is 7.06. The molecule has 36 heavy (non-hydrogen) atoms. The van der Waals surface area contributed by atoms with E-state index >= 15 is 0 Å². The summed E-state index contributed by atoms with van der Waals surface area (Å²) in [5.74, 6) is 0.828. The third kappa shape index (κ3) is 4.83. The van der Waals surface area contributed by atoms with Gasteiger partial charge >= 0.3 is 6.03 Å². The van der Waals surface area contributed by atoms with E-state index in [2.05, 4.69) is 44.9 Å². The fraction of sp³-hybridized carbons (Fsp3) is 0.586. The average Bonchev–Trinajstić information content (AvgIpc) is 3.61. The fourth-order valence-electron chi connectivity index (χ4n) is 6.43. The summed E-state index contributed by atoms with van der Waals surface area (Å²) in [5.41, 5.74) is 5.00. The van der Waals surface area contributed by atoms with Crippen molar-refractivity contribution in [2.24, 2.45) is 11.8 Å². The minimum atomic E-state index is -0.258. The molecule has 0 unspecified atom stereocenters. The van der Waals surface area contributed by atoms with Crippen LogP contribution in [0.3, 0.4) is 0 Å². The zero-order valence-electron chi connectivity index (χ0n) is 22.1. The van der Waals surface area contributed by atoms with Crippen LogP contribution in [0.4, 0.5) is 4.79 Å². The van der Waals surface area contributed by atoms with E-state index in [1.807, 2.05) is 27.1 Å². The first kappa shape index (κ1) is 25.0. The van der Waals surface area contributed by atoms with Crippen molar-refractivity contribution >= 4 is 28.9 Å². The van der Waals surface area contributed by atoms with Gasteiger partial charge in [0.2, 0.25) is 5.91 Å². The highest BCUT2D eigenvalue weighted by Crippen LogP contribution is 2.47. The molecule has 7 heteroatoms. The Morgan fingerprint density at radius 1 is 1.25 bits per heavy atom. The highest BCUT2D eigenvalue weighted by atomic mass is 16.2. The topological polar surface area (TPSA) is 71.7 Å². The van der Waals surface area contributed by atoms with E-state index < -0.39 is 0 Å². The van der Waals surface area contributed by atoms with Gasteiger partial charge in [-0.25, -0.2) is 4.79 Å². The van der Waals surface area contributed by atoms with E-state index in [-0.39, 0.29) is 23.8 Å². The molecule has 0 bridgehead atoms. The number of nitrogens with zero attached hydrogens (tertiary/aromatic N) is 3. The average molecular weight is 492 g/mol. The smallest absolute Gasteiger partial charge is 0.324 e. The van der Waals surface area contributed by atoms with Gasteiger partial charge in [-0.1, -0.05) is 18.7 Å². The molecule has 1 aromatic heterocycles. The molecule has 1 aliphatic heterocycles. The van der Waals surface area contributed by atoms with Crippen LogP contribution >= 0.6 is 0 Å². The van der Waals surface area contributed by atoms with Gasteiger partial charge in [-0.3, -0.25) is 14.6 Å². The van der Waals surface area contributed by atoms with Crippen molar-refractivity contribution in [1.82, 2.24) is 25.0 Å². The summed E-state index contributed by atoms with van der Waals surface area (Å²) < 4.78 is 0. The van der Waals surface area contributed by atoms with Crippen molar-refractivity contribution in [1.29, 1.82) is 0 Å². The van der Waals surface area contributed by atoms with Gasteiger partial charge < -0.3 is 15.2 Å². The number of hydrogen-bond donors (Lipinski definition) is 2. The number of imide groups is 1. The van der Waals surface area contributed by atoms with Crippen LogP contribution in [0.1, 0.15) is 55.3 Å². The zero-order chi connectivity index (χ0) is 25.4. The Morgan fingerprint density at radius 2 is 2.06 bits per heavy atom. The summed E-state index contributed by atoms with van der Waals surface area (Å²) in [4.78, 5) is 36.7. The van der Waals surface area contributed by atoms with Crippen LogP contribution in [-0.2, 0) is 11.2 Å². The maximum Gasteiger partial charge on any atom is 0.324 e. The second kappa shape index (κ2) is 10.4. The van der Waals surface area contributed by atoms with E-state index in [0.29, 0.717) is 19.1 Å². The van der Waals surface area contributed by atoms with Gasteiger partial charge in [0.1, 0.15) is 0 Å². The van der Waals surface area contributed by atoms with Crippen molar-refractivity contribution in [2.75, 3.05) is 46.8 Å². The molecule has 2 heterocycles. The first-order valence-electron chi connectivity index (χ1n) is 13.6. The molecular weight excluding hydrogens is 450 g/mol. The second-order valence-electron chi connectivity index (χ2n) is 11.2. The monoisotopic (exact) mass is 491 g/mol. The largest absolute Gasteiger partial charge is 0.355 e. The lowest BCUT2D eigenvalue weighted by atomic mass is 9.71. The number of carbonyl (C=O) groups excluding carboxylic acids is 2. The number of urea groups is 1. The summed E-state index contributed by atoms with van der Waals surface area (Å²) in [7, 11) is 4.04. The lowest BCUT2D eigenvalue weighted by molar-refractivity contribution is -0.135. The van der Waals surface area contributed by atoms with Gasteiger partial charge in [0.15, 0.2) is 0 Å². The predicted molar refractivity (Wildman–Crippen MR) is 145 cm³/mol. The molecule has 2 aromatic rings. The van der Waals surface area contributed by atoms with Crippen molar-refractivity contribution in [3.63, 3.8) is 0 Å². The van der Waals surface area contributed by atoms with Crippen molar-refractivity contribution < 1.29 is 9.59 Å². The third-order valence-corrected chi connectivity index (χ3v) is 8.30. The molecule has 3 amide bonds. The Morgan fingerprint density at radius 3 is 2.75 bits per heavy atom. The van der Waals surface area contributed by atoms with Crippen LogP contribution in [-0.4, -0.2) is 84.5 Å². The van der Waals surface area contributed by atoms with E-state index in [0.717, 1.165) is 56.0 Å². The van der Waals surface area contributed by atoms with Crippen LogP contribution < -0.4 is 5.32 Å². The van der Waals surface area contributed by atoms with Crippen molar-refractivity contribution in [3.8, 4) is 0 Å². The first-order chi connectivity index (χ1) is 17.4. The van der Waals surface area contributed by atoms with Crippen LogP contribution in [0.15, 0.2) is 24.8 Å². The van der Waals surface area contributed by atoms with Crippen LogP contribution in [0.2, 0.25) is 0 Å². The maximum absolute atomic E-state index is 14.0. The summed E-state index contributed by atoms with van der Waals surface area (Å²) >= 11 is 0. The molecule has 1 saturated carbocycles. The maximum atomic E-state index is 14.0. The van der Waals surface area contributed by atoms with Gasteiger partial charge in [0, 0.05) is 54.7 Å². The van der Waals surface area contributed by atoms with Crippen LogP contribution in [0.25, 0.3) is 17.0 Å². The molecule has 3 aliphatic rings. The van der Waals surface area contributed by atoms with Crippen LogP contribution in [0.5, 0.6) is 0 Å². The number of carbonyl (C=O) groups is 2. The molecule has 7 nitrogen and oxygen atoms in total. The lowest BCUT2D eigenvalue weighted by Crippen LogP contribution is -2.56. The number of amides is 3. The second-order valence-corrected chi connectivity index (χ2v) is 11.2. The van der Waals surface area contributed by atoms with E-state index in [9.17, 15) is 9.59 Å². The summed E-state index contributed by atoms with van der Waals surface area (Å²) in [6, 6.07) is 6.65. The molecule has 5 rings (SSSR count). The van der Waals surface area contributed by atoms with Crippen molar-refractivity contribution in [3.05, 3.63) is 41.6 Å². The molecule has 0 spiro atoms. The van der Waals surface area contributed by atoms with E-state index in [1.54, 1.807) is 0 Å². The number of nitrogens with one attached hydrogen (secondary N) is 2. The third-order valence-electron chi connectivity index (χ3n) is 8.30. The van der Waals surface area contributed by atoms with Crippen LogP contribution in [0, 0.1) is 11.8 Å². The molecule has 1 saturated heterocycles. The standard InChI is InChI=1S/C29H41N5O2/c1-5-24-23-16-26-22(21-9-7-10-25(31-24)27(21)23)15-20(18-33(26)17-19-11-12-19)28(35)34(29(36)30-6-2)14-8-13-32(3)4/h5,7,9-10,19-20,22,26,31H,1,6,8,11-18H2,2-4H3,(H,30,36)/t20-,22-,26-/m1/s1. The van der Waals surface area contributed by atoms with Gasteiger partial charge in [-0.15, -0.1) is 0 Å². The summed E-state index contributed by atoms with van der Waals surface area (Å²) in [5, 5.41) is 4.20. The Bertz CT molecular complexity index is 1130. The Balaban J connectivity index is 1.46. The molecule has 2 aliphatic carbocycles. The van der Waals surface area contributed by atoms with Gasteiger partial charge in [0.05, 0.1) is 5.92 Å². The Kier molecular flexibility index (Phi) is 7.22. The summed E-state index contributed by atoms with van der Waals surface area (Å²) in [6.45, 7) is 9.55.